The van der Waals surface area contributed by atoms with Crippen molar-refractivity contribution in [3.05, 3.63) is 11.6 Å². The maximum absolute atomic E-state index is 11.8. The molecule has 1 unspecified atom stereocenters. The number of nitrogens with one attached hydrogen (secondary N) is 2. The van der Waals surface area contributed by atoms with Crippen LogP contribution in [-0.2, 0) is 19.5 Å². The van der Waals surface area contributed by atoms with Gasteiger partial charge in [-0.05, 0) is 25.2 Å². The first-order valence-electron chi connectivity index (χ1n) is 8.18. The van der Waals surface area contributed by atoms with Crippen LogP contribution in [0.4, 0.5) is 4.79 Å². The Kier molecular flexibility index (Phi) is 6.18. The van der Waals surface area contributed by atoms with Crippen molar-refractivity contribution in [3.8, 4) is 0 Å². The molecule has 0 spiro atoms. The second kappa shape index (κ2) is 8.12. The van der Waals surface area contributed by atoms with Crippen molar-refractivity contribution in [2.24, 2.45) is 5.92 Å². The fourth-order valence-corrected chi connectivity index (χ4v) is 2.56. The SMILES string of the molecule is CC(C)C(O)CCNC(=O)NCc1nnc2n1CCCCC2. The van der Waals surface area contributed by atoms with Gasteiger partial charge >= 0.3 is 6.03 Å². The molecule has 0 saturated heterocycles. The van der Waals surface area contributed by atoms with Crippen molar-refractivity contribution in [1.29, 1.82) is 0 Å². The van der Waals surface area contributed by atoms with Gasteiger partial charge < -0.3 is 20.3 Å². The number of rotatable bonds is 6. The van der Waals surface area contributed by atoms with Gasteiger partial charge in [0.2, 0.25) is 0 Å². The van der Waals surface area contributed by atoms with Gasteiger partial charge in [0.15, 0.2) is 5.82 Å². The summed E-state index contributed by atoms with van der Waals surface area (Å²) < 4.78 is 2.12. The van der Waals surface area contributed by atoms with Crippen LogP contribution in [0.2, 0.25) is 0 Å². The molecule has 0 aliphatic carbocycles. The maximum Gasteiger partial charge on any atom is 0.315 e. The van der Waals surface area contributed by atoms with Gasteiger partial charge in [-0.15, -0.1) is 10.2 Å². The molecule has 2 amide bonds. The summed E-state index contributed by atoms with van der Waals surface area (Å²) in [5.74, 6) is 2.04. The third-order valence-electron chi connectivity index (χ3n) is 4.09. The van der Waals surface area contributed by atoms with E-state index in [1.54, 1.807) is 0 Å². The van der Waals surface area contributed by atoms with E-state index < -0.39 is 0 Å². The zero-order chi connectivity index (χ0) is 15.9. The maximum atomic E-state index is 11.8. The summed E-state index contributed by atoms with van der Waals surface area (Å²) in [7, 11) is 0. The molecule has 0 fully saturated rings. The van der Waals surface area contributed by atoms with Crippen LogP contribution in [0, 0.1) is 5.92 Å². The highest BCUT2D eigenvalue weighted by atomic mass is 16.3. The number of carbonyl (C=O) groups is 1. The number of hydrogen-bond acceptors (Lipinski definition) is 4. The average molecular weight is 309 g/mol. The zero-order valence-corrected chi connectivity index (χ0v) is 13.5. The molecule has 0 aromatic carbocycles. The molecule has 7 heteroatoms. The Bertz CT molecular complexity index is 486. The van der Waals surface area contributed by atoms with Crippen LogP contribution in [0.3, 0.4) is 0 Å². The van der Waals surface area contributed by atoms with Crippen LogP contribution in [0.5, 0.6) is 0 Å². The monoisotopic (exact) mass is 309 g/mol. The summed E-state index contributed by atoms with van der Waals surface area (Å²) in [6.45, 7) is 5.69. The Morgan fingerprint density at radius 2 is 2.09 bits per heavy atom. The Balaban J connectivity index is 1.74. The van der Waals surface area contributed by atoms with Crippen molar-refractivity contribution < 1.29 is 9.90 Å². The van der Waals surface area contributed by atoms with Gasteiger partial charge in [0.25, 0.3) is 0 Å². The number of amides is 2. The van der Waals surface area contributed by atoms with Crippen LogP contribution in [0.15, 0.2) is 0 Å². The topological polar surface area (TPSA) is 92.1 Å². The van der Waals surface area contributed by atoms with E-state index in [4.69, 9.17) is 0 Å². The number of fused-ring (bicyclic) bond motifs is 1. The molecule has 0 radical (unpaired) electrons. The van der Waals surface area contributed by atoms with Gasteiger partial charge in [0.05, 0.1) is 12.6 Å². The van der Waals surface area contributed by atoms with Crippen molar-refractivity contribution >= 4 is 6.03 Å². The molecule has 1 atom stereocenters. The van der Waals surface area contributed by atoms with Crippen LogP contribution < -0.4 is 10.6 Å². The molecule has 0 saturated carbocycles. The van der Waals surface area contributed by atoms with E-state index in [-0.39, 0.29) is 18.1 Å². The lowest BCUT2D eigenvalue weighted by Crippen LogP contribution is -2.37. The largest absolute Gasteiger partial charge is 0.393 e. The molecule has 22 heavy (non-hydrogen) atoms. The molecule has 2 heterocycles. The highest BCUT2D eigenvalue weighted by Gasteiger charge is 2.15. The second-order valence-electron chi connectivity index (χ2n) is 6.20. The summed E-state index contributed by atoms with van der Waals surface area (Å²) in [4.78, 5) is 11.8. The van der Waals surface area contributed by atoms with Crippen LogP contribution in [0.1, 0.15) is 51.2 Å². The molecule has 3 N–H and O–H groups in total. The Hall–Kier alpha value is -1.63. The lowest BCUT2D eigenvalue weighted by molar-refractivity contribution is 0.116. The molecule has 0 bridgehead atoms. The van der Waals surface area contributed by atoms with Gasteiger partial charge in [-0.25, -0.2) is 4.79 Å². The van der Waals surface area contributed by atoms with Gasteiger partial charge in [-0.2, -0.15) is 0 Å². The number of nitrogens with zero attached hydrogens (tertiary/aromatic N) is 3. The standard InChI is InChI=1S/C15H27N5O2/c1-11(2)12(21)7-8-16-15(22)17-10-14-19-18-13-6-4-3-5-9-20(13)14/h11-12,21H,3-10H2,1-2H3,(H2,16,17,22). The van der Waals surface area contributed by atoms with Crippen molar-refractivity contribution in [1.82, 2.24) is 25.4 Å². The smallest absolute Gasteiger partial charge is 0.315 e. The third kappa shape index (κ3) is 4.69. The minimum atomic E-state index is -0.382. The predicted molar refractivity (Wildman–Crippen MR) is 83.3 cm³/mol. The lowest BCUT2D eigenvalue weighted by atomic mass is 10.0. The minimum absolute atomic E-state index is 0.205. The number of hydrogen-bond donors (Lipinski definition) is 3. The van der Waals surface area contributed by atoms with Gasteiger partial charge in [0, 0.05) is 19.5 Å². The van der Waals surface area contributed by atoms with Gasteiger partial charge in [0.1, 0.15) is 5.82 Å². The van der Waals surface area contributed by atoms with E-state index in [2.05, 4.69) is 25.4 Å². The first-order valence-corrected chi connectivity index (χ1v) is 8.18. The van der Waals surface area contributed by atoms with E-state index in [1.807, 2.05) is 13.8 Å². The molecule has 1 aromatic heterocycles. The fraction of sp³-hybridized carbons (Fsp3) is 0.800. The van der Waals surface area contributed by atoms with Crippen LogP contribution in [-0.4, -0.2) is 38.6 Å². The second-order valence-corrected chi connectivity index (χ2v) is 6.20. The predicted octanol–water partition coefficient (Wildman–Crippen LogP) is 1.21. The molecular weight excluding hydrogens is 282 g/mol. The van der Waals surface area contributed by atoms with Crippen LogP contribution >= 0.6 is 0 Å². The zero-order valence-electron chi connectivity index (χ0n) is 13.5. The minimum Gasteiger partial charge on any atom is -0.393 e. The first kappa shape index (κ1) is 16.7. The third-order valence-corrected chi connectivity index (χ3v) is 4.09. The number of carbonyl (C=O) groups excluding carboxylic acids is 1. The molecule has 1 aromatic rings. The first-order chi connectivity index (χ1) is 10.6. The number of aliphatic hydroxyl groups excluding tert-OH is 1. The van der Waals surface area contributed by atoms with Gasteiger partial charge in [-0.1, -0.05) is 20.3 Å². The van der Waals surface area contributed by atoms with Crippen LogP contribution in [0.25, 0.3) is 0 Å². The summed E-state index contributed by atoms with van der Waals surface area (Å²) in [5.41, 5.74) is 0. The van der Waals surface area contributed by atoms with E-state index in [0.29, 0.717) is 19.5 Å². The lowest BCUT2D eigenvalue weighted by Gasteiger charge is -2.14. The number of urea groups is 1. The molecular formula is C15H27N5O2. The molecule has 1 aliphatic heterocycles. The highest BCUT2D eigenvalue weighted by molar-refractivity contribution is 5.73. The van der Waals surface area contributed by atoms with Crippen molar-refractivity contribution in [3.63, 3.8) is 0 Å². The Morgan fingerprint density at radius 1 is 1.27 bits per heavy atom. The normalized spacial score (nSPS) is 16.0. The fourth-order valence-electron chi connectivity index (χ4n) is 2.56. The Morgan fingerprint density at radius 3 is 2.86 bits per heavy atom. The number of aryl methyl sites for hydroxylation is 1. The van der Waals surface area contributed by atoms with E-state index in [9.17, 15) is 9.90 Å². The van der Waals surface area contributed by atoms with E-state index in [0.717, 1.165) is 37.5 Å². The molecule has 124 valence electrons. The highest BCUT2D eigenvalue weighted by Crippen LogP contribution is 2.14. The summed E-state index contributed by atoms with van der Waals surface area (Å²) in [5, 5.41) is 23.6. The summed E-state index contributed by atoms with van der Waals surface area (Å²) in [6, 6.07) is -0.234. The number of aliphatic hydroxyl groups is 1. The van der Waals surface area contributed by atoms with E-state index >= 15 is 0 Å². The molecule has 1 aliphatic rings. The Labute approximate surface area is 131 Å². The van der Waals surface area contributed by atoms with Crippen molar-refractivity contribution in [2.45, 2.75) is 65.1 Å². The average Bonchev–Trinajstić information content (AvgIpc) is 2.72. The summed E-state index contributed by atoms with van der Waals surface area (Å²) in [6.07, 6.45) is 4.65. The molecule has 2 rings (SSSR count). The summed E-state index contributed by atoms with van der Waals surface area (Å²) >= 11 is 0. The molecule has 7 nitrogen and oxygen atoms in total. The quantitative estimate of drug-likeness (QED) is 0.736. The number of aromatic nitrogens is 3. The van der Waals surface area contributed by atoms with Crippen molar-refractivity contribution in [2.75, 3.05) is 6.54 Å². The van der Waals surface area contributed by atoms with Gasteiger partial charge in [-0.3, -0.25) is 0 Å². The van der Waals surface area contributed by atoms with E-state index in [1.165, 1.54) is 6.42 Å².